The third kappa shape index (κ3) is 4.02. The predicted octanol–water partition coefficient (Wildman–Crippen LogP) is -0.332. The maximum absolute atomic E-state index is 11.6. The van der Waals surface area contributed by atoms with Gasteiger partial charge in [0.25, 0.3) is 0 Å². The first kappa shape index (κ1) is 13.9. The van der Waals surface area contributed by atoms with Crippen molar-refractivity contribution in [2.24, 2.45) is 0 Å². The van der Waals surface area contributed by atoms with E-state index in [9.17, 15) is 9.59 Å². The second kappa shape index (κ2) is 6.55. The molecule has 7 nitrogen and oxygen atoms in total. The number of carbonyl (C=O) groups is 2. The monoisotopic (exact) mass is 253 g/mol. The molecule has 1 aromatic heterocycles. The normalized spacial score (nSPS) is 11.7. The summed E-state index contributed by atoms with van der Waals surface area (Å²) in [6.45, 7) is -0.323. The van der Waals surface area contributed by atoms with Gasteiger partial charge in [-0.3, -0.25) is 4.98 Å². The molecule has 0 saturated heterocycles. The van der Waals surface area contributed by atoms with Crippen molar-refractivity contribution in [3.8, 4) is 0 Å². The fourth-order valence-corrected chi connectivity index (χ4v) is 1.28. The van der Waals surface area contributed by atoms with Gasteiger partial charge in [0, 0.05) is 26.0 Å². The molecule has 0 fully saturated rings. The first-order chi connectivity index (χ1) is 8.54. The van der Waals surface area contributed by atoms with Gasteiger partial charge in [-0.15, -0.1) is 0 Å². The van der Waals surface area contributed by atoms with Gasteiger partial charge >= 0.3 is 12.0 Å². The maximum Gasteiger partial charge on any atom is 0.328 e. The number of aliphatic hydroxyl groups excluding tert-OH is 1. The van der Waals surface area contributed by atoms with Crippen LogP contribution in [0.25, 0.3) is 0 Å². The van der Waals surface area contributed by atoms with E-state index in [1.54, 1.807) is 24.5 Å². The summed E-state index contributed by atoms with van der Waals surface area (Å²) in [5.74, 6) is -1.27. The largest absolute Gasteiger partial charge is 0.480 e. The van der Waals surface area contributed by atoms with E-state index in [-0.39, 0.29) is 0 Å². The lowest BCUT2D eigenvalue weighted by Gasteiger charge is -2.20. The first-order valence-electron chi connectivity index (χ1n) is 5.28. The molecule has 1 rings (SSSR count). The van der Waals surface area contributed by atoms with E-state index in [0.717, 1.165) is 5.56 Å². The van der Waals surface area contributed by atoms with Crippen molar-refractivity contribution in [2.45, 2.75) is 12.6 Å². The van der Waals surface area contributed by atoms with Crippen molar-refractivity contribution in [1.29, 1.82) is 0 Å². The van der Waals surface area contributed by atoms with Crippen molar-refractivity contribution in [2.75, 3.05) is 13.7 Å². The van der Waals surface area contributed by atoms with Crippen LogP contribution in [-0.4, -0.2) is 51.8 Å². The number of aromatic nitrogens is 1. The molecule has 98 valence electrons. The zero-order chi connectivity index (χ0) is 13.5. The van der Waals surface area contributed by atoms with Gasteiger partial charge in [0.1, 0.15) is 0 Å². The highest BCUT2D eigenvalue weighted by atomic mass is 16.4. The van der Waals surface area contributed by atoms with Crippen LogP contribution in [0.1, 0.15) is 5.56 Å². The number of hydrogen-bond acceptors (Lipinski definition) is 4. The molecule has 7 heteroatoms. The SMILES string of the molecule is CN(Cc1ccncc1)C(=O)N[C@H](CO)C(=O)O. The number of aliphatic hydroxyl groups is 1. The first-order valence-corrected chi connectivity index (χ1v) is 5.28. The summed E-state index contributed by atoms with van der Waals surface area (Å²) in [7, 11) is 1.53. The summed E-state index contributed by atoms with van der Waals surface area (Å²) in [6, 6.07) is 1.65. The molecular weight excluding hydrogens is 238 g/mol. The van der Waals surface area contributed by atoms with Crippen molar-refractivity contribution >= 4 is 12.0 Å². The van der Waals surface area contributed by atoms with Crippen LogP contribution in [0, 0.1) is 0 Å². The highest BCUT2D eigenvalue weighted by Crippen LogP contribution is 2.01. The molecule has 3 N–H and O–H groups in total. The van der Waals surface area contributed by atoms with Crippen LogP contribution in [0.3, 0.4) is 0 Å². The molecule has 0 spiro atoms. The molecule has 0 aliphatic rings. The van der Waals surface area contributed by atoms with Gasteiger partial charge in [0.15, 0.2) is 6.04 Å². The maximum atomic E-state index is 11.6. The molecule has 0 saturated carbocycles. The summed E-state index contributed by atoms with van der Waals surface area (Å²) < 4.78 is 0. The molecule has 2 amide bonds. The van der Waals surface area contributed by atoms with E-state index in [1.165, 1.54) is 11.9 Å². The third-order valence-corrected chi connectivity index (χ3v) is 2.29. The number of nitrogens with one attached hydrogen (secondary N) is 1. The second-order valence-electron chi connectivity index (χ2n) is 3.73. The number of amides is 2. The Kier molecular flexibility index (Phi) is 5.06. The van der Waals surface area contributed by atoms with Gasteiger partial charge < -0.3 is 20.4 Å². The number of carbonyl (C=O) groups excluding carboxylic acids is 1. The number of carboxylic acids is 1. The van der Waals surface area contributed by atoms with Crippen LogP contribution in [0.4, 0.5) is 4.79 Å². The Morgan fingerprint density at radius 3 is 2.56 bits per heavy atom. The van der Waals surface area contributed by atoms with E-state index < -0.39 is 24.6 Å². The molecule has 18 heavy (non-hydrogen) atoms. The van der Waals surface area contributed by atoms with Gasteiger partial charge in [0.05, 0.1) is 6.61 Å². The van der Waals surface area contributed by atoms with E-state index in [0.29, 0.717) is 6.54 Å². The molecule has 1 aromatic rings. The Labute approximate surface area is 104 Å². The lowest BCUT2D eigenvalue weighted by atomic mass is 10.2. The summed E-state index contributed by atoms with van der Waals surface area (Å²) in [4.78, 5) is 27.5. The predicted molar refractivity (Wildman–Crippen MR) is 62.7 cm³/mol. The van der Waals surface area contributed by atoms with Gasteiger partial charge in [-0.1, -0.05) is 0 Å². The second-order valence-corrected chi connectivity index (χ2v) is 3.73. The standard InChI is InChI=1S/C11H15N3O4/c1-14(6-8-2-4-12-5-3-8)11(18)13-9(7-15)10(16)17/h2-5,9,15H,6-7H2,1H3,(H,13,18)(H,16,17)/t9-/m1/s1. The van der Waals surface area contributed by atoms with Gasteiger partial charge in [-0.25, -0.2) is 9.59 Å². The van der Waals surface area contributed by atoms with Crippen molar-refractivity contribution in [3.05, 3.63) is 30.1 Å². The quantitative estimate of drug-likeness (QED) is 0.666. The number of carboxylic acid groups (broad SMARTS) is 1. The van der Waals surface area contributed by atoms with Crippen LogP contribution in [-0.2, 0) is 11.3 Å². The van der Waals surface area contributed by atoms with Gasteiger partial charge in [0.2, 0.25) is 0 Å². The minimum absolute atomic E-state index is 0.326. The summed E-state index contributed by atoms with van der Waals surface area (Å²) in [5.41, 5.74) is 0.874. The number of urea groups is 1. The number of pyridine rings is 1. The molecule has 0 radical (unpaired) electrons. The molecule has 1 atom stereocenters. The molecular formula is C11H15N3O4. The van der Waals surface area contributed by atoms with E-state index in [4.69, 9.17) is 10.2 Å². The highest BCUT2D eigenvalue weighted by Gasteiger charge is 2.20. The fraction of sp³-hybridized carbons (Fsp3) is 0.364. The number of aliphatic carboxylic acids is 1. The molecule has 0 unspecified atom stereocenters. The molecule has 0 aliphatic heterocycles. The van der Waals surface area contributed by atoms with Gasteiger partial charge in [-0.05, 0) is 17.7 Å². The van der Waals surface area contributed by atoms with Crippen LogP contribution in [0.2, 0.25) is 0 Å². The number of nitrogens with zero attached hydrogens (tertiary/aromatic N) is 2. The van der Waals surface area contributed by atoms with E-state index >= 15 is 0 Å². The minimum atomic E-state index is -1.29. The Morgan fingerprint density at radius 1 is 1.44 bits per heavy atom. The average Bonchev–Trinajstić information content (AvgIpc) is 2.36. The lowest BCUT2D eigenvalue weighted by Crippen LogP contribution is -2.48. The lowest BCUT2D eigenvalue weighted by molar-refractivity contribution is -0.140. The number of hydrogen-bond donors (Lipinski definition) is 3. The zero-order valence-electron chi connectivity index (χ0n) is 9.91. The average molecular weight is 253 g/mol. The van der Waals surface area contributed by atoms with E-state index in [2.05, 4.69) is 10.3 Å². The van der Waals surface area contributed by atoms with Crippen LogP contribution in [0.5, 0.6) is 0 Å². The van der Waals surface area contributed by atoms with Crippen LogP contribution >= 0.6 is 0 Å². The highest BCUT2D eigenvalue weighted by molar-refractivity contribution is 5.82. The van der Waals surface area contributed by atoms with Crippen LogP contribution in [0.15, 0.2) is 24.5 Å². The number of rotatable bonds is 5. The van der Waals surface area contributed by atoms with Gasteiger partial charge in [-0.2, -0.15) is 0 Å². The zero-order valence-corrected chi connectivity index (χ0v) is 9.91. The summed E-state index contributed by atoms with van der Waals surface area (Å²) in [5, 5.41) is 19.7. The molecule has 0 aliphatic carbocycles. The Balaban J connectivity index is 2.54. The van der Waals surface area contributed by atoms with Crippen molar-refractivity contribution in [1.82, 2.24) is 15.2 Å². The molecule has 0 bridgehead atoms. The molecule has 1 heterocycles. The van der Waals surface area contributed by atoms with Crippen molar-refractivity contribution < 1.29 is 19.8 Å². The van der Waals surface area contributed by atoms with E-state index in [1.807, 2.05) is 0 Å². The summed E-state index contributed by atoms with van der Waals surface area (Å²) >= 11 is 0. The Morgan fingerprint density at radius 2 is 2.06 bits per heavy atom. The van der Waals surface area contributed by atoms with Crippen molar-refractivity contribution in [3.63, 3.8) is 0 Å². The fourth-order valence-electron chi connectivity index (χ4n) is 1.28. The smallest absolute Gasteiger partial charge is 0.328 e. The Hall–Kier alpha value is -2.15. The minimum Gasteiger partial charge on any atom is -0.480 e. The van der Waals surface area contributed by atoms with Crippen LogP contribution < -0.4 is 5.32 Å². The molecule has 0 aromatic carbocycles. The summed E-state index contributed by atoms with van der Waals surface area (Å²) in [6.07, 6.45) is 3.21. The Bertz CT molecular complexity index is 410. The topological polar surface area (TPSA) is 103 Å². The third-order valence-electron chi connectivity index (χ3n) is 2.29.